The van der Waals surface area contributed by atoms with E-state index in [2.05, 4.69) is 0 Å². The van der Waals surface area contributed by atoms with Crippen LogP contribution >= 0.6 is 0 Å². The van der Waals surface area contributed by atoms with E-state index in [1.165, 1.54) is 0 Å². The van der Waals surface area contributed by atoms with Gasteiger partial charge >= 0.3 is 18.2 Å². The van der Waals surface area contributed by atoms with Crippen LogP contribution in [0, 0.1) is 0 Å². The van der Waals surface area contributed by atoms with Crippen molar-refractivity contribution in [1.82, 2.24) is 4.90 Å². The second-order valence-corrected chi connectivity index (χ2v) is 8.11. The largest absolute Gasteiger partial charge is 0.464 e. The molecule has 0 spiro atoms. The van der Waals surface area contributed by atoms with E-state index >= 15 is 0 Å². The Hall–Kier alpha value is -2.12. The summed E-state index contributed by atoms with van der Waals surface area (Å²) in [6.45, 7) is 11.9. The predicted molar refractivity (Wildman–Crippen MR) is 99.3 cm³/mol. The molecule has 2 amide bonds. The van der Waals surface area contributed by atoms with Gasteiger partial charge in [-0.3, -0.25) is 0 Å². The molecule has 0 unspecified atom stereocenters. The lowest BCUT2D eigenvalue weighted by Crippen LogP contribution is -2.52. The lowest BCUT2D eigenvalue weighted by Gasteiger charge is -2.32. The third kappa shape index (κ3) is 10.6. The van der Waals surface area contributed by atoms with Crippen LogP contribution in [-0.2, 0) is 23.8 Å². The number of imide groups is 1. The first-order valence-corrected chi connectivity index (χ1v) is 9.18. The van der Waals surface area contributed by atoms with Crippen molar-refractivity contribution in [2.45, 2.75) is 91.4 Å². The molecule has 8 heteroatoms. The van der Waals surface area contributed by atoms with Gasteiger partial charge in [0.2, 0.25) is 0 Å². The van der Waals surface area contributed by atoms with Gasteiger partial charge in [-0.2, -0.15) is 4.90 Å². The van der Waals surface area contributed by atoms with Crippen LogP contribution in [0.15, 0.2) is 0 Å². The van der Waals surface area contributed by atoms with Crippen LogP contribution in [0.4, 0.5) is 9.59 Å². The van der Waals surface area contributed by atoms with Crippen molar-refractivity contribution in [3.63, 3.8) is 0 Å². The number of rotatable bonds is 8. The summed E-state index contributed by atoms with van der Waals surface area (Å²) >= 11 is 0. The zero-order valence-corrected chi connectivity index (χ0v) is 17.5. The molecule has 0 saturated heterocycles. The van der Waals surface area contributed by atoms with Gasteiger partial charge in [0.25, 0.3) is 0 Å². The number of carbonyl (C=O) groups is 4. The lowest BCUT2D eigenvalue weighted by atomic mass is 10.1. The SMILES string of the molecule is CCCCOC(=O)[C@H](CCC=O)N(C(=O)OC(C)(C)C)C(=O)OC(C)(C)C. The normalized spacial score (nSPS) is 12.7. The molecule has 0 bridgehead atoms. The molecule has 0 aromatic carbocycles. The summed E-state index contributed by atoms with van der Waals surface area (Å²) in [7, 11) is 0. The first-order valence-electron chi connectivity index (χ1n) is 9.18. The predicted octanol–water partition coefficient (Wildman–Crippen LogP) is 3.85. The Balaban J connectivity index is 5.72. The monoisotopic (exact) mass is 387 g/mol. The van der Waals surface area contributed by atoms with Crippen LogP contribution in [0.2, 0.25) is 0 Å². The fourth-order valence-corrected chi connectivity index (χ4v) is 1.94. The van der Waals surface area contributed by atoms with Gasteiger partial charge in [0.1, 0.15) is 23.5 Å². The molecule has 0 fully saturated rings. The van der Waals surface area contributed by atoms with E-state index in [9.17, 15) is 19.2 Å². The zero-order chi connectivity index (χ0) is 21.3. The maximum atomic E-state index is 12.6. The van der Waals surface area contributed by atoms with Crippen LogP contribution < -0.4 is 0 Å². The second kappa shape index (κ2) is 10.9. The van der Waals surface area contributed by atoms with Crippen molar-refractivity contribution < 1.29 is 33.4 Å². The molecule has 0 saturated carbocycles. The van der Waals surface area contributed by atoms with Gasteiger partial charge in [0.05, 0.1) is 6.61 Å². The van der Waals surface area contributed by atoms with Gasteiger partial charge in [-0.25, -0.2) is 14.4 Å². The van der Waals surface area contributed by atoms with Crippen LogP contribution in [0.3, 0.4) is 0 Å². The third-order valence-corrected chi connectivity index (χ3v) is 3.06. The summed E-state index contributed by atoms with van der Waals surface area (Å²) in [4.78, 5) is 49.2. The van der Waals surface area contributed by atoms with E-state index in [1.807, 2.05) is 6.92 Å². The molecule has 0 rings (SSSR count). The number of hydrogen-bond acceptors (Lipinski definition) is 7. The molecule has 1 atom stereocenters. The Morgan fingerprint density at radius 3 is 1.81 bits per heavy atom. The minimum atomic E-state index is -1.31. The highest BCUT2D eigenvalue weighted by atomic mass is 16.6. The quantitative estimate of drug-likeness (QED) is 0.270. The third-order valence-electron chi connectivity index (χ3n) is 3.06. The van der Waals surface area contributed by atoms with Gasteiger partial charge in [-0.15, -0.1) is 0 Å². The number of unbranched alkanes of at least 4 members (excludes halogenated alkanes) is 1. The van der Waals surface area contributed by atoms with E-state index in [0.717, 1.165) is 6.42 Å². The lowest BCUT2D eigenvalue weighted by molar-refractivity contribution is -0.150. The highest BCUT2D eigenvalue weighted by Crippen LogP contribution is 2.19. The molecule has 0 aromatic heterocycles. The summed E-state index contributed by atoms with van der Waals surface area (Å²) < 4.78 is 15.7. The number of nitrogens with zero attached hydrogens (tertiary/aromatic N) is 1. The Morgan fingerprint density at radius 1 is 0.963 bits per heavy atom. The van der Waals surface area contributed by atoms with Gasteiger partial charge in [0, 0.05) is 6.42 Å². The second-order valence-electron chi connectivity index (χ2n) is 8.11. The zero-order valence-electron chi connectivity index (χ0n) is 17.5. The van der Waals surface area contributed by atoms with Crippen LogP contribution in [0.1, 0.15) is 74.1 Å². The highest BCUT2D eigenvalue weighted by Gasteiger charge is 2.40. The van der Waals surface area contributed by atoms with Crippen molar-refractivity contribution in [3.8, 4) is 0 Å². The van der Waals surface area contributed by atoms with E-state index in [-0.39, 0.29) is 19.4 Å². The first-order chi connectivity index (χ1) is 12.3. The van der Waals surface area contributed by atoms with Crippen molar-refractivity contribution >= 4 is 24.4 Å². The van der Waals surface area contributed by atoms with Crippen molar-refractivity contribution in [2.75, 3.05) is 6.61 Å². The maximum absolute atomic E-state index is 12.6. The highest BCUT2D eigenvalue weighted by molar-refractivity contribution is 5.94. The number of ether oxygens (including phenoxy) is 3. The van der Waals surface area contributed by atoms with Gasteiger partial charge < -0.3 is 19.0 Å². The Bertz CT molecular complexity index is 489. The van der Waals surface area contributed by atoms with E-state index in [0.29, 0.717) is 17.6 Å². The molecule has 0 N–H and O–H groups in total. The van der Waals surface area contributed by atoms with Crippen LogP contribution in [0.25, 0.3) is 0 Å². The summed E-state index contributed by atoms with van der Waals surface area (Å²) in [5, 5.41) is 0. The van der Waals surface area contributed by atoms with E-state index in [4.69, 9.17) is 14.2 Å². The average molecular weight is 387 g/mol. The van der Waals surface area contributed by atoms with Crippen LogP contribution in [-0.4, -0.2) is 53.2 Å². The minimum absolute atomic E-state index is 0.0321. The number of esters is 1. The fraction of sp³-hybridized carbons (Fsp3) is 0.789. The summed E-state index contributed by atoms with van der Waals surface area (Å²) in [5.74, 6) is -0.776. The van der Waals surface area contributed by atoms with Crippen molar-refractivity contribution in [3.05, 3.63) is 0 Å². The van der Waals surface area contributed by atoms with Crippen molar-refractivity contribution in [2.24, 2.45) is 0 Å². The summed E-state index contributed by atoms with van der Waals surface area (Å²) in [5.41, 5.74) is -1.78. The molecule has 27 heavy (non-hydrogen) atoms. The minimum Gasteiger partial charge on any atom is -0.464 e. The molecule has 156 valence electrons. The standard InChI is InChI=1S/C19H33NO7/c1-8-9-13-25-15(22)14(11-10-12-21)20(16(23)26-18(2,3)4)17(24)27-19(5,6)7/h12,14H,8-11,13H2,1-7H3/t14-/m0/s1. The van der Waals surface area contributed by atoms with Gasteiger partial charge in [-0.05, 0) is 54.4 Å². The number of aldehydes is 1. The number of hydrogen-bond donors (Lipinski definition) is 0. The number of amides is 2. The maximum Gasteiger partial charge on any atom is 0.420 e. The molecule has 0 radical (unpaired) electrons. The molecule has 0 aliphatic carbocycles. The van der Waals surface area contributed by atoms with Gasteiger partial charge in [-0.1, -0.05) is 13.3 Å². The Labute approximate surface area is 161 Å². The molecule has 0 aromatic rings. The van der Waals surface area contributed by atoms with E-state index < -0.39 is 35.4 Å². The summed E-state index contributed by atoms with van der Waals surface area (Å²) in [6, 6.07) is -1.31. The Kier molecular flexibility index (Phi) is 10.0. The van der Waals surface area contributed by atoms with E-state index in [1.54, 1.807) is 41.5 Å². The topological polar surface area (TPSA) is 99.2 Å². The number of carbonyl (C=O) groups excluding carboxylic acids is 4. The molecule has 0 aliphatic heterocycles. The van der Waals surface area contributed by atoms with Crippen molar-refractivity contribution in [1.29, 1.82) is 0 Å². The smallest absolute Gasteiger partial charge is 0.420 e. The molecule has 8 nitrogen and oxygen atoms in total. The summed E-state index contributed by atoms with van der Waals surface area (Å²) in [6.07, 6.45) is -0.101. The fourth-order valence-electron chi connectivity index (χ4n) is 1.94. The average Bonchev–Trinajstić information content (AvgIpc) is 2.47. The van der Waals surface area contributed by atoms with Crippen LogP contribution in [0.5, 0.6) is 0 Å². The Morgan fingerprint density at radius 2 is 1.44 bits per heavy atom. The van der Waals surface area contributed by atoms with Gasteiger partial charge in [0.15, 0.2) is 0 Å². The molecule has 0 heterocycles. The molecular weight excluding hydrogens is 354 g/mol. The molecule has 0 aliphatic rings. The molecular formula is C19H33NO7. The first kappa shape index (κ1) is 24.9.